The number of hydrogen-bond donors (Lipinski definition) is 1. The number of likely N-dealkylation sites (tertiary alicyclic amines) is 1. The predicted octanol–water partition coefficient (Wildman–Crippen LogP) is 3.87. The molecular weight excluding hydrogens is 320 g/mol. The summed E-state index contributed by atoms with van der Waals surface area (Å²) >= 11 is 0. The Morgan fingerprint density at radius 2 is 1.88 bits per heavy atom. The molecule has 1 N–H and O–H groups in total. The van der Waals surface area contributed by atoms with Crippen molar-refractivity contribution in [3.8, 4) is 5.75 Å². The Bertz CT molecular complexity index is 606. The predicted molar refractivity (Wildman–Crippen MR) is 102 cm³/mol. The van der Waals surface area contributed by atoms with Crippen LogP contribution in [0, 0.1) is 0 Å². The van der Waals surface area contributed by atoms with E-state index in [4.69, 9.17) is 4.74 Å². The van der Waals surface area contributed by atoms with Crippen LogP contribution in [-0.2, 0) is 13.2 Å². The van der Waals surface area contributed by atoms with Crippen molar-refractivity contribution >= 4 is 12.4 Å². The first-order valence-electron chi connectivity index (χ1n) is 8.49. The van der Waals surface area contributed by atoms with Gasteiger partial charge in [-0.2, -0.15) is 0 Å². The van der Waals surface area contributed by atoms with E-state index >= 15 is 0 Å². The molecule has 0 aliphatic carbocycles. The summed E-state index contributed by atoms with van der Waals surface area (Å²) in [6.45, 7) is 3.94. The average molecular weight is 347 g/mol. The first-order chi connectivity index (χ1) is 11.3. The molecule has 130 valence electrons. The van der Waals surface area contributed by atoms with Crippen LogP contribution in [-0.4, -0.2) is 31.1 Å². The van der Waals surface area contributed by atoms with E-state index in [0.29, 0.717) is 12.6 Å². The van der Waals surface area contributed by atoms with Gasteiger partial charge in [-0.25, -0.2) is 0 Å². The van der Waals surface area contributed by atoms with Crippen molar-refractivity contribution < 1.29 is 4.74 Å². The summed E-state index contributed by atoms with van der Waals surface area (Å²) in [5.74, 6) is 0.952. The van der Waals surface area contributed by atoms with E-state index in [1.165, 1.54) is 30.5 Å². The molecule has 1 heterocycles. The Kier molecular flexibility index (Phi) is 7.57. The minimum absolute atomic E-state index is 0. The summed E-state index contributed by atoms with van der Waals surface area (Å²) in [5.41, 5.74) is 2.53. The molecule has 0 saturated carbocycles. The minimum Gasteiger partial charge on any atom is -0.489 e. The zero-order valence-electron chi connectivity index (χ0n) is 14.3. The average Bonchev–Trinajstić information content (AvgIpc) is 2.61. The quantitative estimate of drug-likeness (QED) is 0.859. The zero-order chi connectivity index (χ0) is 15.9. The van der Waals surface area contributed by atoms with Crippen molar-refractivity contribution in [2.45, 2.75) is 32.0 Å². The molecule has 0 aromatic heterocycles. The lowest BCUT2D eigenvalue weighted by Crippen LogP contribution is -2.43. The van der Waals surface area contributed by atoms with Crippen LogP contribution in [0.2, 0.25) is 0 Å². The van der Waals surface area contributed by atoms with E-state index in [-0.39, 0.29) is 12.4 Å². The maximum Gasteiger partial charge on any atom is 0.120 e. The molecule has 1 fully saturated rings. The van der Waals surface area contributed by atoms with Gasteiger partial charge >= 0.3 is 0 Å². The molecule has 0 amide bonds. The lowest BCUT2D eigenvalue weighted by molar-refractivity contribution is 0.187. The summed E-state index contributed by atoms with van der Waals surface area (Å²) in [5, 5.41) is 3.40. The maximum absolute atomic E-state index is 5.93. The second-order valence-electron chi connectivity index (χ2n) is 6.28. The monoisotopic (exact) mass is 346 g/mol. The molecule has 1 aliphatic heterocycles. The highest BCUT2D eigenvalue weighted by Crippen LogP contribution is 2.18. The van der Waals surface area contributed by atoms with Gasteiger partial charge in [-0.15, -0.1) is 12.4 Å². The van der Waals surface area contributed by atoms with Crippen LogP contribution in [0.3, 0.4) is 0 Å². The highest BCUT2D eigenvalue weighted by atomic mass is 35.5. The molecule has 1 saturated heterocycles. The summed E-state index contributed by atoms with van der Waals surface area (Å²) in [6, 6.07) is 19.4. The number of benzene rings is 2. The van der Waals surface area contributed by atoms with Gasteiger partial charge in [-0.05, 0) is 49.7 Å². The number of piperidine rings is 1. The Hall–Kier alpha value is -1.55. The standard InChI is InChI=1S/C20H26N2O.ClH/c1-21-19-10-6-12-22(15-19)14-18-9-5-11-20(13-18)23-16-17-7-3-2-4-8-17;/h2-5,7-9,11,13,19,21H,6,10,12,14-16H2,1H3;1H. The Labute approximate surface area is 151 Å². The molecule has 24 heavy (non-hydrogen) atoms. The van der Waals surface area contributed by atoms with E-state index in [1.807, 2.05) is 24.3 Å². The van der Waals surface area contributed by atoms with E-state index < -0.39 is 0 Å². The molecule has 4 heteroatoms. The molecule has 3 rings (SSSR count). The summed E-state index contributed by atoms with van der Waals surface area (Å²) < 4.78 is 5.93. The summed E-state index contributed by atoms with van der Waals surface area (Å²) in [7, 11) is 2.06. The smallest absolute Gasteiger partial charge is 0.120 e. The third-order valence-electron chi connectivity index (χ3n) is 4.47. The molecule has 0 radical (unpaired) electrons. The number of likely N-dealkylation sites (N-methyl/N-ethyl adjacent to an activating group) is 1. The number of rotatable bonds is 6. The Morgan fingerprint density at radius 1 is 1.08 bits per heavy atom. The van der Waals surface area contributed by atoms with Gasteiger partial charge in [0.25, 0.3) is 0 Å². The van der Waals surface area contributed by atoms with E-state index in [0.717, 1.165) is 18.8 Å². The molecule has 2 aromatic rings. The fourth-order valence-electron chi connectivity index (χ4n) is 3.17. The number of ether oxygens (including phenoxy) is 1. The molecular formula is C20H27ClN2O. The first-order valence-corrected chi connectivity index (χ1v) is 8.49. The number of nitrogens with one attached hydrogen (secondary N) is 1. The van der Waals surface area contributed by atoms with Gasteiger partial charge in [0.2, 0.25) is 0 Å². The van der Waals surface area contributed by atoms with Gasteiger partial charge in [0.15, 0.2) is 0 Å². The molecule has 1 atom stereocenters. The molecule has 3 nitrogen and oxygen atoms in total. The highest BCUT2D eigenvalue weighted by Gasteiger charge is 2.18. The first kappa shape index (κ1) is 18.8. The third kappa shape index (κ3) is 5.52. The third-order valence-corrected chi connectivity index (χ3v) is 4.47. The van der Waals surface area contributed by atoms with E-state index in [9.17, 15) is 0 Å². The molecule has 0 bridgehead atoms. The summed E-state index contributed by atoms with van der Waals surface area (Å²) in [4.78, 5) is 2.53. The van der Waals surface area contributed by atoms with Crippen molar-refractivity contribution in [2.24, 2.45) is 0 Å². The van der Waals surface area contributed by atoms with Crippen molar-refractivity contribution in [1.29, 1.82) is 0 Å². The minimum atomic E-state index is 0. The fourth-order valence-corrected chi connectivity index (χ4v) is 3.17. The van der Waals surface area contributed by atoms with Gasteiger partial charge in [-0.3, -0.25) is 4.90 Å². The van der Waals surface area contributed by atoms with Crippen LogP contribution in [0.4, 0.5) is 0 Å². The molecule has 1 unspecified atom stereocenters. The maximum atomic E-state index is 5.93. The van der Waals surface area contributed by atoms with E-state index in [1.54, 1.807) is 0 Å². The molecule has 0 spiro atoms. The van der Waals surface area contributed by atoms with Crippen LogP contribution >= 0.6 is 12.4 Å². The van der Waals surface area contributed by atoms with Crippen LogP contribution in [0.5, 0.6) is 5.75 Å². The van der Waals surface area contributed by atoms with Crippen LogP contribution < -0.4 is 10.1 Å². The Morgan fingerprint density at radius 3 is 2.67 bits per heavy atom. The number of nitrogens with zero attached hydrogens (tertiary/aromatic N) is 1. The van der Waals surface area contributed by atoms with Gasteiger partial charge < -0.3 is 10.1 Å². The van der Waals surface area contributed by atoms with E-state index in [2.05, 4.69) is 47.6 Å². The normalized spacial score (nSPS) is 18.0. The topological polar surface area (TPSA) is 24.5 Å². The largest absolute Gasteiger partial charge is 0.489 e. The second-order valence-corrected chi connectivity index (χ2v) is 6.28. The fraction of sp³-hybridized carbons (Fsp3) is 0.400. The van der Waals surface area contributed by atoms with Gasteiger partial charge in [0.1, 0.15) is 12.4 Å². The Balaban J connectivity index is 0.00000208. The van der Waals surface area contributed by atoms with Crippen molar-refractivity contribution in [1.82, 2.24) is 10.2 Å². The zero-order valence-corrected chi connectivity index (χ0v) is 15.1. The number of halogens is 1. The van der Waals surface area contributed by atoms with Crippen LogP contribution in [0.15, 0.2) is 54.6 Å². The highest BCUT2D eigenvalue weighted by molar-refractivity contribution is 5.85. The molecule has 2 aromatic carbocycles. The van der Waals surface area contributed by atoms with Gasteiger partial charge in [-0.1, -0.05) is 42.5 Å². The van der Waals surface area contributed by atoms with Crippen LogP contribution in [0.25, 0.3) is 0 Å². The SMILES string of the molecule is CNC1CCCN(Cc2cccc(OCc3ccccc3)c2)C1.Cl. The lowest BCUT2D eigenvalue weighted by Gasteiger charge is -2.32. The number of hydrogen-bond acceptors (Lipinski definition) is 3. The van der Waals surface area contributed by atoms with Gasteiger partial charge in [0, 0.05) is 19.1 Å². The van der Waals surface area contributed by atoms with Crippen molar-refractivity contribution in [2.75, 3.05) is 20.1 Å². The second kappa shape index (κ2) is 9.67. The van der Waals surface area contributed by atoms with Crippen LogP contribution in [0.1, 0.15) is 24.0 Å². The summed E-state index contributed by atoms with van der Waals surface area (Å²) in [6.07, 6.45) is 2.56. The van der Waals surface area contributed by atoms with Crippen molar-refractivity contribution in [3.05, 3.63) is 65.7 Å². The van der Waals surface area contributed by atoms with Gasteiger partial charge in [0.05, 0.1) is 0 Å². The lowest BCUT2D eigenvalue weighted by atomic mass is 10.0. The van der Waals surface area contributed by atoms with Crippen molar-refractivity contribution in [3.63, 3.8) is 0 Å². The molecule has 1 aliphatic rings.